The number of hydrogen-bond acceptors (Lipinski definition) is 19. The van der Waals surface area contributed by atoms with Gasteiger partial charge in [-0.1, -0.05) is 108 Å². The van der Waals surface area contributed by atoms with E-state index in [1.807, 2.05) is 94.4 Å². The summed E-state index contributed by atoms with van der Waals surface area (Å²) in [6.45, 7) is 20.6. The molecular weight excluding hydrogens is 1230 g/mol. The Labute approximate surface area is 567 Å². The average molecular weight is 1340 g/mol. The second kappa shape index (κ2) is 35.5. The molecule has 2 saturated heterocycles. The van der Waals surface area contributed by atoms with Gasteiger partial charge in [0.2, 0.25) is 0 Å². The van der Waals surface area contributed by atoms with Gasteiger partial charge < -0.3 is 62.4 Å². The molecule has 4 aliphatic rings. The zero-order chi connectivity index (χ0) is 70.0. The lowest BCUT2D eigenvalue weighted by Crippen LogP contribution is -2.53. The number of aryl methyl sites for hydroxylation is 1. The second-order valence-electron chi connectivity index (χ2n) is 28.0. The zero-order valence-electron chi connectivity index (χ0n) is 58.7. The van der Waals surface area contributed by atoms with Crippen LogP contribution in [0, 0.1) is 23.7 Å². The Balaban J connectivity index is 1.09. The number of hydrogen-bond donors (Lipinski definition) is 0. The molecule has 0 spiro atoms. The molecule has 7 rings (SSSR count). The smallest absolute Gasteiger partial charge is 0.410 e. The van der Waals surface area contributed by atoms with Gasteiger partial charge in [0, 0.05) is 72.2 Å². The van der Waals surface area contributed by atoms with Crippen LogP contribution in [0.2, 0.25) is 0 Å². The second-order valence-corrected chi connectivity index (χ2v) is 28.0. The summed E-state index contributed by atoms with van der Waals surface area (Å²) in [5.74, 6) is -6.62. The van der Waals surface area contributed by atoms with Crippen molar-refractivity contribution in [2.75, 3.05) is 90.6 Å². The Kier molecular flexibility index (Phi) is 27.9. The predicted molar refractivity (Wildman–Crippen MR) is 359 cm³/mol. The molecule has 3 aromatic carbocycles. The summed E-state index contributed by atoms with van der Waals surface area (Å²) in [4.78, 5) is 139. The van der Waals surface area contributed by atoms with Crippen molar-refractivity contribution in [1.82, 2.24) is 19.6 Å². The lowest BCUT2D eigenvalue weighted by Gasteiger charge is -2.34. The molecule has 0 unspecified atom stereocenters. The Morgan fingerprint density at radius 1 is 0.479 bits per heavy atom. The van der Waals surface area contributed by atoms with E-state index in [0.717, 1.165) is 61.3 Å². The zero-order valence-corrected chi connectivity index (χ0v) is 58.7. The van der Waals surface area contributed by atoms with E-state index in [4.69, 9.17) is 37.9 Å². The summed E-state index contributed by atoms with van der Waals surface area (Å²) in [6, 6.07) is 19.6. The fraction of sp³-hybridized carbons (Fsp3) is 0.630. The first kappa shape index (κ1) is 75.6. The van der Waals surface area contributed by atoms with Crippen LogP contribution in [0.5, 0.6) is 0 Å². The van der Waals surface area contributed by atoms with Gasteiger partial charge in [-0.15, -0.1) is 0 Å². The fourth-order valence-corrected chi connectivity index (χ4v) is 11.7. The standard InChI is InChI=1S/C73H104N6O17/c1-47(2)41-58(75(11)65(81)62(32-27-51-23-28-56(29-24-51)78-33-37-89-38-34-78)94-71(87)61(44-53-21-22-53)77(13)72(88)96-73(7,8)9)68(84)92-49(5)64(80)74(10)60(43-52-19-20-52)70(86)95-63(45-54-25-30-57(31-26-54)79-35-39-90-40-36-79)66(82)76(12)59(42-48(3)4)69(85)93-50(6)67(83)91-46-55-17-15-14-16-18-55/h14-18,23-26,28-31,47-50,52-53,58-63H,19-22,27,32-46H2,1-13H3/t49-,50-,58+,59+,60+,61+,62-,63-/m1/s1. The van der Waals surface area contributed by atoms with E-state index in [0.29, 0.717) is 57.9 Å². The van der Waals surface area contributed by atoms with Crippen molar-refractivity contribution in [3.63, 3.8) is 0 Å². The Morgan fingerprint density at radius 3 is 1.35 bits per heavy atom. The van der Waals surface area contributed by atoms with Gasteiger partial charge in [-0.25, -0.2) is 28.8 Å². The molecular formula is C73H104N6O17. The first-order valence-corrected chi connectivity index (χ1v) is 34.2. The molecule has 2 aliphatic heterocycles. The van der Waals surface area contributed by atoms with Crippen molar-refractivity contribution in [3.05, 3.63) is 95.6 Å². The summed E-state index contributed by atoms with van der Waals surface area (Å²) < 4.78 is 46.4. The molecule has 3 aromatic rings. The molecule has 2 aliphatic carbocycles. The Hall–Kier alpha value is -7.79. The van der Waals surface area contributed by atoms with Crippen LogP contribution in [0.1, 0.15) is 137 Å². The lowest BCUT2D eigenvalue weighted by atomic mass is 10.0. The maximum atomic E-state index is 15.1. The van der Waals surface area contributed by atoms with Gasteiger partial charge in [0.15, 0.2) is 24.4 Å². The number of anilines is 2. The number of carbonyl (C=O) groups excluding carboxylic acids is 9. The van der Waals surface area contributed by atoms with E-state index >= 15 is 9.59 Å². The topological polar surface area (TPSA) is 247 Å². The first-order valence-electron chi connectivity index (χ1n) is 34.2. The number of esters is 5. The lowest BCUT2D eigenvalue weighted by molar-refractivity contribution is -0.175. The van der Waals surface area contributed by atoms with Crippen molar-refractivity contribution in [1.29, 1.82) is 0 Å². The Bertz CT molecular complexity index is 3070. The number of likely N-dealkylation sites (N-methyl/N-ethyl adjacent to an activating group) is 4. The predicted octanol–water partition coefficient (Wildman–Crippen LogP) is 8.37. The number of morpholine rings is 2. The number of carbonyl (C=O) groups is 9. The van der Waals surface area contributed by atoms with Gasteiger partial charge in [0.05, 0.1) is 26.4 Å². The minimum Gasteiger partial charge on any atom is -0.458 e. The van der Waals surface area contributed by atoms with Crippen LogP contribution in [-0.2, 0) is 95.7 Å². The Morgan fingerprint density at radius 2 is 0.896 bits per heavy atom. The molecule has 4 amide bonds. The largest absolute Gasteiger partial charge is 0.458 e. The van der Waals surface area contributed by atoms with Crippen molar-refractivity contribution in [3.8, 4) is 0 Å². The molecule has 23 nitrogen and oxygen atoms in total. The van der Waals surface area contributed by atoms with Crippen LogP contribution in [0.15, 0.2) is 78.9 Å². The molecule has 0 aromatic heterocycles. The number of ether oxygens (including phenoxy) is 8. The highest BCUT2D eigenvalue weighted by atomic mass is 16.6. The third kappa shape index (κ3) is 22.9. The van der Waals surface area contributed by atoms with Crippen LogP contribution in [0.3, 0.4) is 0 Å². The van der Waals surface area contributed by atoms with Gasteiger partial charge in [0.1, 0.15) is 36.4 Å². The number of rotatable bonds is 33. The fourth-order valence-electron chi connectivity index (χ4n) is 11.7. The molecule has 0 bridgehead atoms. The van der Waals surface area contributed by atoms with E-state index in [1.54, 1.807) is 32.9 Å². The maximum Gasteiger partial charge on any atom is 0.410 e. The van der Waals surface area contributed by atoms with Gasteiger partial charge in [-0.3, -0.25) is 19.3 Å². The number of benzene rings is 3. The van der Waals surface area contributed by atoms with E-state index in [2.05, 4.69) is 9.80 Å². The summed E-state index contributed by atoms with van der Waals surface area (Å²) in [7, 11) is 5.72. The van der Waals surface area contributed by atoms with Gasteiger partial charge >= 0.3 is 35.9 Å². The van der Waals surface area contributed by atoms with E-state index in [1.165, 1.54) is 61.6 Å². The van der Waals surface area contributed by atoms with Crippen LogP contribution in [0.4, 0.5) is 16.2 Å². The monoisotopic (exact) mass is 1340 g/mol. The van der Waals surface area contributed by atoms with Crippen molar-refractivity contribution in [2.45, 2.75) is 194 Å². The van der Waals surface area contributed by atoms with Gasteiger partial charge in [-0.2, -0.15) is 0 Å². The molecule has 23 heteroatoms. The molecule has 0 radical (unpaired) electrons. The highest BCUT2D eigenvalue weighted by molar-refractivity contribution is 5.93. The normalized spacial score (nSPS) is 17.5. The van der Waals surface area contributed by atoms with E-state index in [-0.39, 0.29) is 62.4 Å². The molecule has 96 heavy (non-hydrogen) atoms. The maximum absolute atomic E-state index is 15.1. The molecule has 2 saturated carbocycles. The van der Waals surface area contributed by atoms with Gasteiger partial charge in [0.25, 0.3) is 17.7 Å². The summed E-state index contributed by atoms with van der Waals surface area (Å²) in [6.07, 6.45) is -2.40. The van der Waals surface area contributed by atoms with E-state index < -0.39 is 108 Å². The molecule has 528 valence electrons. The third-order valence-corrected chi connectivity index (χ3v) is 17.9. The highest BCUT2D eigenvalue weighted by Crippen LogP contribution is 2.37. The third-order valence-electron chi connectivity index (χ3n) is 17.9. The number of nitrogens with zero attached hydrogens (tertiary/aromatic N) is 6. The van der Waals surface area contributed by atoms with Crippen LogP contribution in [0.25, 0.3) is 0 Å². The summed E-state index contributed by atoms with van der Waals surface area (Å²) >= 11 is 0. The molecule has 0 N–H and O–H groups in total. The van der Waals surface area contributed by atoms with Gasteiger partial charge in [-0.05, 0) is 138 Å². The summed E-state index contributed by atoms with van der Waals surface area (Å²) in [5, 5.41) is 0. The van der Waals surface area contributed by atoms with Crippen LogP contribution >= 0.6 is 0 Å². The first-order chi connectivity index (χ1) is 45.6. The average Bonchev–Trinajstić information content (AvgIpc) is 1.29. The van der Waals surface area contributed by atoms with Crippen molar-refractivity contribution < 1.29 is 81.0 Å². The SMILES string of the molecule is CC(C)C[C@@H](C(=O)O[C@H](C)C(=O)N(C)[C@@H](CC1CC1)C(=O)O[C@H](Cc1ccc(N2CCOCC2)cc1)C(=O)N(C)[C@@H](CC(C)C)C(=O)O[C@H](C)C(=O)OCc1ccccc1)N(C)C(=O)[C@@H](CCc1ccc(N2CCOCC2)cc1)OC(=O)[C@H](CC1CC1)N(C)C(=O)OC(C)(C)C. The summed E-state index contributed by atoms with van der Waals surface area (Å²) in [5.41, 5.74) is 3.34. The number of amides is 4. The van der Waals surface area contributed by atoms with Crippen LogP contribution < -0.4 is 9.80 Å². The molecule has 2 heterocycles. The van der Waals surface area contributed by atoms with Crippen LogP contribution in [-0.4, -0.2) is 208 Å². The molecule has 8 atom stereocenters. The van der Waals surface area contributed by atoms with Crippen molar-refractivity contribution >= 4 is 65.0 Å². The minimum absolute atomic E-state index is 0.0158. The van der Waals surface area contributed by atoms with E-state index in [9.17, 15) is 33.6 Å². The minimum atomic E-state index is -1.53. The highest BCUT2D eigenvalue weighted by Gasteiger charge is 2.44. The molecule has 4 fully saturated rings. The quantitative estimate of drug-likeness (QED) is 0.0410. The van der Waals surface area contributed by atoms with Crippen molar-refractivity contribution in [2.24, 2.45) is 23.7 Å².